The number of nitrogens with zero attached hydrogens (tertiary/aromatic N) is 3. The second-order valence-electron chi connectivity index (χ2n) is 7.13. The number of rotatable bonds is 6. The highest BCUT2D eigenvalue weighted by molar-refractivity contribution is 7.89. The predicted octanol–water partition coefficient (Wildman–Crippen LogP) is 2.72. The van der Waals surface area contributed by atoms with Gasteiger partial charge in [-0.3, -0.25) is 9.78 Å². The molecule has 1 aliphatic rings. The van der Waals surface area contributed by atoms with Crippen molar-refractivity contribution < 1.29 is 13.2 Å². The van der Waals surface area contributed by atoms with Crippen LogP contribution in [0.25, 0.3) is 10.7 Å². The molecule has 0 spiro atoms. The van der Waals surface area contributed by atoms with E-state index in [-0.39, 0.29) is 23.3 Å². The van der Waals surface area contributed by atoms with E-state index in [4.69, 9.17) is 0 Å². The van der Waals surface area contributed by atoms with Crippen molar-refractivity contribution in [3.63, 3.8) is 0 Å². The van der Waals surface area contributed by atoms with Crippen molar-refractivity contribution in [1.82, 2.24) is 19.6 Å². The molecule has 1 amide bonds. The number of nitrogens with one attached hydrogen (secondary N) is 1. The summed E-state index contributed by atoms with van der Waals surface area (Å²) in [6.07, 6.45) is 3.14. The standard InChI is InChI=1S/C21H22N4O3S2/c26-20(14-17-15-29-21(23-17)19-8-4-5-11-22-19)25-12-9-16(10-13-25)24-30(27,28)18-6-2-1-3-7-18/h1-8,11,15-16,24H,9-10,12-14H2. The molecule has 3 aromatic rings. The van der Waals surface area contributed by atoms with Crippen LogP contribution < -0.4 is 4.72 Å². The molecule has 1 saturated heterocycles. The first kappa shape index (κ1) is 20.6. The van der Waals surface area contributed by atoms with Crippen LogP contribution in [0.15, 0.2) is 65.0 Å². The molecule has 0 aliphatic carbocycles. The van der Waals surface area contributed by atoms with Crippen molar-refractivity contribution in [2.45, 2.75) is 30.2 Å². The Labute approximate surface area is 179 Å². The number of amides is 1. The summed E-state index contributed by atoms with van der Waals surface area (Å²) in [4.78, 5) is 23.5. The number of likely N-dealkylation sites (tertiary alicyclic amines) is 1. The third kappa shape index (κ3) is 4.92. The molecule has 30 heavy (non-hydrogen) atoms. The SMILES string of the molecule is O=C(Cc1csc(-c2ccccn2)n1)N1CCC(NS(=O)(=O)c2ccccc2)CC1. The first-order valence-corrected chi connectivity index (χ1v) is 12.1. The maximum Gasteiger partial charge on any atom is 0.240 e. The molecule has 1 aromatic carbocycles. The normalized spacial score (nSPS) is 15.3. The van der Waals surface area contributed by atoms with Crippen molar-refractivity contribution in [3.8, 4) is 10.7 Å². The summed E-state index contributed by atoms with van der Waals surface area (Å²) in [5, 5.41) is 2.69. The van der Waals surface area contributed by atoms with Crippen molar-refractivity contribution in [3.05, 3.63) is 65.8 Å². The van der Waals surface area contributed by atoms with Gasteiger partial charge in [0.25, 0.3) is 0 Å². The van der Waals surface area contributed by atoms with E-state index in [0.29, 0.717) is 25.9 Å². The largest absolute Gasteiger partial charge is 0.342 e. The molecule has 1 aliphatic heterocycles. The zero-order valence-electron chi connectivity index (χ0n) is 16.3. The van der Waals surface area contributed by atoms with Gasteiger partial charge in [0.15, 0.2) is 0 Å². The number of carbonyl (C=O) groups is 1. The molecule has 3 heterocycles. The van der Waals surface area contributed by atoms with E-state index in [0.717, 1.165) is 16.4 Å². The van der Waals surface area contributed by atoms with E-state index in [1.54, 1.807) is 41.4 Å². The molecule has 0 atom stereocenters. The Balaban J connectivity index is 1.30. The Bertz CT molecular complexity index is 1090. The molecule has 9 heteroatoms. The summed E-state index contributed by atoms with van der Waals surface area (Å²) in [6, 6.07) is 13.8. The first-order chi connectivity index (χ1) is 14.5. The van der Waals surface area contributed by atoms with Crippen LogP contribution >= 0.6 is 11.3 Å². The number of pyridine rings is 1. The highest BCUT2D eigenvalue weighted by Gasteiger charge is 2.27. The second-order valence-corrected chi connectivity index (χ2v) is 9.70. The average Bonchev–Trinajstić information content (AvgIpc) is 3.24. The fourth-order valence-electron chi connectivity index (χ4n) is 3.40. The summed E-state index contributed by atoms with van der Waals surface area (Å²) in [6.45, 7) is 1.05. The molecule has 2 aromatic heterocycles. The zero-order valence-corrected chi connectivity index (χ0v) is 17.9. The monoisotopic (exact) mass is 442 g/mol. The summed E-state index contributed by atoms with van der Waals surface area (Å²) < 4.78 is 27.7. The van der Waals surface area contributed by atoms with Gasteiger partial charge in [0.2, 0.25) is 15.9 Å². The minimum Gasteiger partial charge on any atom is -0.342 e. The molecule has 156 valence electrons. The van der Waals surface area contributed by atoms with E-state index < -0.39 is 10.0 Å². The lowest BCUT2D eigenvalue weighted by Crippen LogP contribution is -2.46. The van der Waals surface area contributed by atoms with Gasteiger partial charge in [-0.25, -0.2) is 18.1 Å². The lowest BCUT2D eigenvalue weighted by Gasteiger charge is -2.32. The Morgan fingerprint density at radius 1 is 1.10 bits per heavy atom. The second kappa shape index (κ2) is 9.03. The lowest BCUT2D eigenvalue weighted by molar-refractivity contribution is -0.131. The third-order valence-electron chi connectivity index (χ3n) is 4.99. The number of piperidine rings is 1. The number of carbonyl (C=O) groups excluding carboxylic acids is 1. The molecule has 0 bridgehead atoms. The maximum atomic E-state index is 12.7. The van der Waals surface area contributed by atoms with Gasteiger partial charge in [0.05, 0.1) is 22.7 Å². The molecular weight excluding hydrogens is 420 g/mol. The van der Waals surface area contributed by atoms with Gasteiger partial charge in [-0.2, -0.15) is 0 Å². The van der Waals surface area contributed by atoms with Gasteiger partial charge < -0.3 is 4.90 Å². The number of aromatic nitrogens is 2. The van der Waals surface area contributed by atoms with Crippen LogP contribution in [0.1, 0.15) is 18.5 Å². The van der Waals surface area contributed by atoms with Crippen molar-refractivity contribution in [1.29, 1.82) is 0 Å². The van der Waals surface area contributed by atoms with Crippen molar-refractivity contribution in [2.24, 2.45) is 0 Å². The van der Waals surface area contributed by atoms with Crippen molar-refractivity contribution >= 4 is 27.3 Å². The maximum absolute atomic E-state index is 12.7. The zero-order chi connectivity index (χ0) is 21.0. The quantitative estimate of drug-likeness (QED) is 0.634. The molecule has 7 nitrogen and oxygen atoms in total. The van der Waals surface area contributed by atoms with Gasteiger partial charge in [-0.05, 0) is 37.1 Å². The Hall–Kier alpha value is -2.62. The summed E-state index contributed by atoms with van der Waals surface area (Å²) in [7, 11) is -3.54. The van der Waals surface area contributed by atoms with E-state index in [9.17, 15) is 13.2 Å². The van der Waals surface area contributed by atoms with Gasteiger partial charge in [0.1, 0.15) is 5.01 Å². The van der Waals surface area contributed by atoms with E-state index in [2.05, 4.69) is 14.7 Å². The number of sulfonamides is 1. The molecule has 1 fully saturated rings. The fraction of sp³-hybridized carbons (Fsp3) is 0.286. The van der Waals surface area contributed by atoms with Gasteiger partial charge in [0, 0.05) is 30.7 Å². The van der Waals surface area contributed by atoms with Crippen LogP contribution in [-0.4, -0.2) is 48.3 Å². The Kier molecular flexibility index (Phi) is 6.21. The minimum atomic E-state index is -3.54. The Morgan fingerprint density at radius 2 is 1.83 bits per heavy atom. The number of hydrogen-bond acceptors (Lipinski definition) is 6. The summed E-state index contributed by atoms with van der Waals surface area (Å²) >= 11 is 1.47. The highest BCUT2D eigenvalue weighted by atomic mass is 32.2. The number of thiazole rings is 1. The minimum absolute atomic E-state index is 0.0113. The van der Waals surface area contributed by atoms with Crippen LogP contribution in [0.2, 0.25) is 0 Å². The van der Waals surface area contributed by atoms with Crippen LogP contribution in [0.3, 0.4) is 0 Å². The number of benzene rings is 1. The van der Waals surface area contributed by atoms with Gasteiger partial charge in [-0.1, -0.05) is 24.3 Å². The molecule has 1 N–H and O–H groups in total. The highest BCUT2D eigenvalue weighted by Crippen LogP contribution is 2.22. The number of hydrogen-bond donors (Lipinski definition) is 1. The average molecular weight is 443 g/mol. The van der Waals surface area contributed by atoms with Crippen LogP contribution in [0.4, 0.5) is 0 Å². The van der Waals surface area contributed by atoms with E-state index in [1.165, 1.54) is 11.3 Å². The molecule has 0 radical (unpaired) electrons. The van der Waals surface area contributed by atoms with E-state index in [1.807, 2.05) is 23.6 Å². The third-order valence-corrected chi connectivity index (χ3v) is 7.44. The van der Waals surface area contributed by atoms with Gasteiger partial charge >= 0.3 is 0 Å². The molecular formula is C21H22N4O3S2. The lowest BCUT2D eigenvalue weighted by atomic mass is 10.1. The molecule has 0 saturated carbocycles. The van der Waals surface area contributed by atoms with Crippen LogP contribution in [0.5, 0.6) is 0 Å². The Morgan fingerprint density at radius 3 is 2.53 bits per heavy atom. The van der Waals surface area contributed by atoms with Crippen LogP contribution in [-0.2, 0) is 21.2 Å². The molecule has 0 unspecified atom stereocenters. The molecule has 4 rings (SSSR count). The summed E-state index contributed by atoms with van der Waals surface area (Å²) in [5.41, 5.74) is 1.53. The fourth-order valence-corrected chi connectivity index (χ4v) is 5.52. The van der Waals surface area contributed by atoms with Crippen LogP contribution in [0, 0.1) is 0 Å². The smallest absolute Gasteiger partial charge is 0.240 e. The van der Waals surface area contributed by atoms with Crippen molar-refractivity contribution in [2.75, 3.05) is 13.1 Å². The summed E-state index contributed by atoms with van der Waals surface area (Å²) in [5.74, 6) is 0.0113. The predicted molar refractivity (Wildman–Crippen MR) is 115 cm³/mol. The topological polar surface area (TPSA) is 92.3 Å². The van der Waals surface area contributed by atoms with E-state index >= 15 is 0 Å². The first-order valence-electron chi connectivity index (χ1n) is 9.72. The van der Waals surface area contributed by atoms with Gasteiger partial charge in [-0.15, -0.1) is 11.3 Å².